The number of hydrazine groups is 4. The molecule has 0 radical (unpaired) electrons. The van der Waals surface area contributed by atoms with Crippen LogP contribution < -0.4 is 5.43 Å². The highest BCUT2D eigenvalue weighted by Crippen LogP contribution is 2.19. The van der Waals surface area contributed by atoms with Crippen LogP contribution in [0.3, 0.4) is 0 Å². The smallest absolute Gasteiger partial charge is 0.172 e. The number of nitrogens with zero attached hydrogens (tertiary/aromatic N) is 4. The molecule has 0 aromatic rings. The van der Waals surface area contributed by atoms with E-state index in [-0.39, 0.29) is 0 Å². The lowest BCUT2D eigenvalue weighted by atomic mass is 10.2. The lowest BCUT2D eigenvalue weighted by Gasteiger charge is -2.46. The molecule has 0 spiro atoms. The van der Waals surface area contributed by atoms with Gasteiger partial charge >= 0.3 is 0 Å². The molecule has 0 atom stereocenters. The fourth-order valence-electron chi connectivity index (χ4n) is 2.35. The molecular weight excluding hydrogens is 318 g/mol. The minimum atomic E-state index is 0.455. The Morgan fingerprint density at radius 1 is 0.895 bits per heavy atom. The highest BCUT2D eigenvalue weighted by molar-refractivity contribution is 8.11. The summed E-state index contributed by atoms with van der Waals surface area (Å²) in [6, 6.07) is 0. The number of rotatable bonds is 2. The van der Waals surface area contributed by atoms with Gasteiger partial charge in [-0.05, 0) is 43.7 Å². The van der Waals surface area contributed by atoms with E-state index in [1.54, 1.807) is 5.12 Å². The summed E-state index contributed by atoms with van der Waals surface area (Å²) < 4.78 is 0.934. The van der Waals surface area contributed by atoms with Crippen molar-refractivity contribution < 1.29 is 0 Å². The first-order valence-electron chi connectivity index (χ1n) is 6.43. The van der Waals surface area contributed by atoms with Crippen molar-refractivity contribution in [2.45, 2.75) is 25.7 Å². The lowest BCUT2D eigenvalue weighted by Crippen LogP contribution is -2.64. The number of thiol groups is 2. The number of hydrogen-bond acceptors (Lipinski definition) is 5. The Hall–Kier alpha value is 0.360. The highest BCUT2D eigenvalue weighted by Gasteiger charge is 2.31. The summed E-state index contributed by atoms with van der Waals surface area (Å²) in [4.78, 5) is 0. The van der Waals surface area contributed by atoms with E-state index in [4.69, 9.17) is 24.4 Å². The van der Waals surface area contributed by atoms with Crippen molar-refractivity contribution in [1.82, 2.24) is 25.8 Å². The number of nitrogens with one attached hydrogen (secondary N) is 1. The summed E-state index contributed by atoms with van der Waals surface area (Å²) in [5.41, 5.74) is 3.27. The minimum Gasteiger partial charge on any atom is -0.235 e. The van der Waals surface area contributed by atoms with Crippen LogP contribution in [0.4, 0.5) is 0 Å². The summed E-state index contributed by atoms with van der Waals surface area (Å²) in [6.45, 7) is 3.73. The summed E-state index contributed by atoms with van der Waals surface area (Å²) >= 11 is 19.2. The maximum atomic E-state index is 5.29. The van der Waals surface area contributed by atoms with E-state index in [1.807, 2.05) is 10.2 Å². The second-order valence-corrected chi connectivity index (χ2v) is 6.77. The monoisotopic (exact) mass is 337 g/mol. The topological polar surface area (TPSA) is 25.0 Å². The Kier molecular flexibility index (Phi) is 6.12. The fourth-order valence-corrected chi connectivity index (χ4v) is 3.13. The van der Waals surface area contributed by atoms with Crippen LogP contribution in [-0.4, -0.2) is 55.2 Å². The molecule has 0 aromatic carbocycles. The molecule has 2 rings (SSSR count). The standard InChI is InChI=1S/C10H19N5S4/c16-9(17)14(12-6-2-1-3-7-12)15(10(18)19)13-8-4-5-11-13/h11H,1-8H2,(H,16,17)(H,18,19). The first-order chi connectivity index (χ1) is 9.11. The fraction of sp³-hybridized carbons (Fsp3) is 0.800. The molecule has 0 amide bonds. The minimum absolute atomic E-state index is 0.455. The van der Waals surface area contributed by atoms with Crippen molar-refractivity contribution >= 4 is 58.3 Å². The van der Waals surface area contributed by atoms with Crippen LogP contribution in [0.15, 0.2) is 0 Å². The van der Waals surface area contributed by atoms with Crippen LogP contribution >= 0.6 is 49.7 Å². The second-order valence-electron chi connectivity index (χ2n) is 4.54. The zero-order valence-corrected chi connectivity index (χ0v) is 14.1. The summed E-state index contributed by atoms with van der Waals surface area (Å²) in [7, 11) is 0. The normalized spacial score (nSPS) is 21.4. The van der Waals surface area contributed by atoms with E-state index in [0.717, 1.165) is 45.4 Å². The number of thiocarbonyl (C=S) groups is 2. The van der Waals surface area contributed by atoms with Crippen LogP contribution in [0.2, 0.25) is 0 Å². The van der Waals surface area contributed by atoms with Crippen molar-refractivity contribution in [1.29, 1.82) is 0 Å². The van der Waals surface area contributed by atoms with Crippen molar-refractivity contribution in [3.05, 3.63) is 0 Å². The molecule has 108 valence electrons. The van der Waals surface area contributed by atoms with E-state index < -0.39 is 0 Å². The molecule has 1 N–H and O–H groups in total. The average molecular weight is 338 g/mol. The first kappa shape index (κ1) is 15.7. The molecule has 2 aliphatic rings. The molecule has 2 aliphatic heterocycles. The van der Waals surface area contributed by atoms with Gasteiger partial charge in [0.25, 0.3) is 0 Å². The van der Waals surface area contributed by atoms with Gasteiger partial charge in [0.05, 0.1) is 0 Å². The molecule has 5 nitrogen and oxygen atoms in total. The summed E-state index contributed by atoms with van der Waals surface area (Å²) in [5.74, 6) is 0. The van der Waals surface area contributed by atoms with Crippen molar-refractivity contribution in [2.24, 2.45) is 0 Å². The molecular formula is C10H19N5S4. The molecule has 0 aliphatic carbocycles. The van der Waals surface area contributed by atoms with Gasteiger partial charge in [-0.1, -0.05) is 6.42 Å². The molecule has 2 fully saturated rings. The van der Waals surface area contributed by atoms with Gasteiger partial charge in [0.2, 0.25) is 0 Å². The van der Waals surface area contributed by atoms with Crippen molar-refractivity contribution in [3.63, 3.8) is 0 Å². The van der Waals surface area contributed by atoms with Crippen molar-refractivity contribution in [3.8, 4) is 0 Å². The second kappa shape index (κ2) is 7.39. The van der Waals surface area contributed by atoms with Gasteiger partial charge in [-0.3, -0.25) is 0 Å². The molecule has 19 heavy (non-hydrogen) atoms. The predicted molar refractivity (Wildman–Crippen MR) is 91.6 cm³/mol. The number of piperidine rings is 1. The third-order valence-corrected chi connectivity index (χ3v) is 3.88. The van der Waals surface area contributed by atoms with Gasteiger partial charge in [-0.2, -0.15) is 15.2 Å². The quantitative estimate of drug-likeness (QED) is 0.399. The van der Waals surface area contributed by atoms with Crippen LogP contribution in [0.5, 0.6) is 0 Å². The van der Waals surface area contributed by atoms with Gasteiger partial charge in [0.1, 0.15) is 0 Å². The molecule has 0 unspecified atom stereocenters. The first-order valence-corrected chi connectivity index (χ1v) is 8.14. The number of hydrogen-bond donors (Lipinski definition) is 3. The van der Waals surface area contributed by atoms with E-state index in [9.17, 15) is 0 Å². The third-order valence-electron chi connectivity index (χ3n) is 3.19. The Morgan fingerprint density at radius 3 is 2.00 bits per heavy atom. The van der Waals surface area contributed by atoms with Gasteiger partial charge in [0, 0.05) is 26.2 Å². The van der Waals surface area contributed by atoms with E-state index in [1.165, 1.54) is 6.42 Å². The van der Waals surface area contributed by atoms with Gasteiger partial charge in [-0.25, -0.2) is 5.43 Å². The largest absolute Gasteiger partial charge is 0.235 e. The predicted octanol–water partition coefficient (Wildman–Crippen LogP) is 1.46. The zero-order valence-electron chi connectivity index (χ0n) is 10.7. The Balaban J connectivity index is 2.17. The van der Waals surface area contributed by atoms with E-state index in [2.05, 4.69) is 35.7 Å². The molecule has 0 bridgehead atoms. The molecule has 2 saturated heterocycles. The van der Waals surface area contributed by atoms with E-state index in [0.29, 0.717) is 8.64 Å². The molecule has 2 heterocycles. The Morgan fingerprint density at radius 2 is 1.53 bits per heavy atom. The van der Waals surface area contributed by atoms with Crippen LogP contribution in [-0.2, 0) is 0 Å². The maximum Gasteiger partial charge on any atom is 0.172 e. The lowest BCUT2D eigenvalue weighted by molar-refractivity contribution is -0.193. The molecule has 0 aromatic heterocycles. The Labute approximate surface area is 136 Å². The molecule has 9 heteroatoms. The maximum absolute atomic E-state index is 5.29. The van der Waals surface area contributed by atoms with Crippen molar-refractivity contribution in [2.75, 3.05) is 26.2 Å². The summed E-state index contributed by atoms with van der Waals surface area (Å²) in [6.07, 6.45) is 4.65. The van der Waals surface area contributed by atoms with Gasteiger partial charge in [0.15, 0.2) is 8.64 Å². The third kappa shape index (κ3) is 3.93. The van der Waals surface area contributed by atoms with Gasteiger partial charge < -0.3 is 0 Å². The Bertz CT molecular complexity index is 341. The van der Waals surface area contributed by atoms with Crippen LogP contribution in [0.25, 0.3) is 0 Å². The average Bonchev–Trinajstić information content (AvgIpc) is 2.89. The van der Waals surface area contributed by atoms with Gasteiger partial charge in [-0.15, -0.1) is 30.4 Å². The van der Waals surface area contributed by atoms with Crippen LogP contribution in [0.1, 0.15) is 25.7 Å². The van der Waals surface area contributed by atoms with Crippen LogP contribution in [0, 0.1) is 0 Å². The highest BCUT2D eigenvalue weighted by atomic mass is 32.1. The summed E-state index contributed by atoms with van der Waals surface area (Å²) in [5, 5.41) is 7.78. The zero-order chi connectivity index (χ0) is 13.8. The van der Waals surface area contributed by atoms with E-state index >= 15 is 0 Å². The SMILES string of the molecule is S=C(S)N(N1CCCCC1)N(C(=S)S)N1CCCN1. The molecule has 0 saturated carbocycles.